The third kappa shape index (κ3) is 5.46. The molecule has 2 aromatic carbocycles. The van der Waals surface area contributed by atoms with Gasteiger partial charge in [0.15, 0.2) is 0 Å². The SMILES string of the molecule is CC(=O)Nc1ccc(S(=O)(=O)N2CCC(c3ccn4ncc(C(=O)NCc5ccccc5)c4c3)CC2)cc1. The standard InChI is InChI=1S/C28H29N5O4S/c1-20(34)31-24-7-9-25(10-8-24)38(36,37)32-14-11-22(12-15-32)23-13-16-33-27(17-23)26(19-30-33)28(35)29-18-21-5-3-2-4-6-21/h2-10,13,16-17,19,22H,11-12,14-15,18H2,1H3,(H,29,35)(H,31,34). The highest BCUT2D eigenvalue weighted by Gasteiger charge is 2.30. The van der Waals surface area contributed by atoms with Gasteiger partial charge in [0.1, 0.15) is 0 Å². The van der Waals surface area contributed by atoms with E-state index in [-0.39, 0.29) is 22.6 Å². The van der Waals surface area contributed by atoms with Crippen LogP contribution in [-0.2, 0) is 21.4 Å². The lowest BCUT2D eigenvalue weighted by Gasteiger charge is -2.31. The Labute approximate surface area is 221 Å². The van der Waals surface area contributed by atoms with Crippen LogP contribution in [0.3, 0.4) is 0 Å². The highest BCUT2D eigenvalue weighted by molar-refractivity contribution is 7.89. The Morgan fingerprint density at radius 1 is 1.00 bits per heavy atom. The van der Waals surface area contributed by atoms with E-state index < -0.39 is 10.0 Å². The quantitative estimate of drug-likeness (QED) is 0.377. The van der Waals surface area contributed by atoms with Gasteiger partial charge in [-0.25, -0.2) is 12.9 Å². The summed E-state index contributed by atoms with van der Waals surface area (Å²) < 4.78 is 29.5. The van der Waals surface area contributed by atoms with Crippen molar-refractivity contribution < 1.29 is 18.0 Å². The molecule has 9 nitrogen and oxygen atoms in total. The number of carbonyl (C=O) groups is 2. The molecule has 0 saturated carbocycles. The zero-order valence-corrected chi connectivity index (χ0v) is 21.8. The lowest BCUT2D eigenvalue weighted by Crippen LogP contribution is -2.37. The van der Waals surface area contributed by atoms with Crippen molar-refractivity contribution in [1.82, 2.24) is 19.2 Å². The second kappa shape index (κ2) is 10.8. The van der Waals surface area contributed by atoms with Crippen LogP contribution in [0.2, 0.25) is 0 Å². The number of nitrogens with one attached hydrogen (secondary N) is 2. The van der Waals surface area contributed by atoms with E-state index in [0.29, 0.717) is 43.7 Å². The third-order valence-electron chi connectivity index (χ3n) is 6.82. The Morgan fingerprint density at radius 2 is 1.71 bits per heavy atom. The van der Waals surface area contributed by atoms with Crippen molar-refractivity contribution in [2.24, 2.45) is 0 Å². The van der Waals surface area contributed by atoms with Crippen LogP contribution < -0.4 is 10.6 Å². The Balaban J connectivity index is 1.25. The number of hydrogen-bond acceptors (Lipinski definition) is 5. The zero-order valence-electron chi connectivity index (χ0n) is 21.0. The average Bonchev–Trinajstić information content (AvgIpc) is 3.36. The molecule has 2 N–H and O–H groups in total. The molecule has 0 spiro atoms. The molecule has 3 heterocycles. The van der Waals surface area contributed by atoms with E-state index in [0.717, 1.165) is 16.6 Å². The molecule has 38 heavy (non-hydrogen) atoms. The van der Waals surface area contributed by atoms with Gasteiger partial charge in [-0.2, -0.15) is 9.40 Å². The van der Waals surface area contributed by atoms with E-state index in [2.05, 4.69) is 15.7 Å². The number of fused-ring (bicyclic) bond motifs is 1. The van der Waals surface area contributed by atoms with E-state index in [1.807, 2.05) is 48.7 Å². The smallest absolute Gasteiger partial charge is 0.255 e. The Bertz CT molecular complexity index is 1560. The highest BCUT2D eigenvalue weighted by Crippen LogP contribution is 2.32. The average molecular weight is 532 g/mol. The third-order valence-corrected chi connectivity index (χ3v) is 8.74. The van der Waals surface area contributed by atoms with Crippen LogP contribution in [0.5, 0.6) is 0 Å². The molecule has 2 amide bonds. The molecule has 2 aromatic heterocycles. The number of anilines is 1. The van der Waals surface area contributed by atoms with Gasteiger partial charge >= 0.3 is 0 Å². The van der Waals surface area contributed by atoms with Crippen LogP contribution in [0.25, 0.3) is 5.52 Å². The second-order valence-corrected chi connectivity index (χ2v) is 11.3. The van der Waals surface area contributed by atoms with Crippen LogP contribution in [0.4, 0.5) is 5.69 Å². The molecule has 0 radical (unpaired) electrons. The number of hydrogen-bond donors (Lipinski definition) is 2. The molecular weight excluding hydrogens is 502 g/mol. The maximum Gasteiger partial charge on any atom is 0.255 e. The predicted octanol–water partition coefficient (Wildman–Crippen LogP) is 3.79. The Morgan fingerprint density at radius 3 is 2.39 bits per heavy atom. The molecule has 1 fully saturated rings. The van der Waals surface area contributed by atoms with Gasteiger partial charge in [-0.3, -0.25) is 9.59 Å². The molecule has 0 atom stereocenters. The van der Waals surface area contributed by atoms with Crippen molar-refractivity contribution in [2.45, 2.75) is 37.1 Å². The molecule has 5 rings (SSSR count). The summed E-state index contributed by atoms with van der Waals surface area (Å²) in [5.41, 5.74) is 3.86. The first-order valence-electron chi connectivity index (χ1n) is 12.5. The minimum atomic E-state index is -3.63. The maximum absolute atomic E-state index is 13.2. The number of sulfonamides is 1. The predicted molar refractivity (Wildman–Crippen MR) is 144 cm³/mol. The molecule has 4 aromatic rings. The fourth-order valence-electron chi connectivity index (χ4n) is 4.79. The summed E-state index contributed by atoms with van der Waals surface area (Å²) in [5.74, 6) is -0.230. The van der Waals surface area contributed by atoms with Crippen molar-refractivity contribution in [2.75, 3.05) is 18.4 Å². The molecule has 1 aliphatic rings. The number of piperidine rings is 1. The number of nitrogens with zero attached hydrogens (tertiary/aromatic N) is 3. The van der Waals surface area contributed by atoms with E-state index in [9.17, 15) is 18.0 Å². The summed E-state index contributed by atoms with van der Waals surface area (Å²) in [6.45, 7) is 2.63. The number of rotatable bonds is 7. The molecule has 0 aliphatic carbocycles. The largest absolute Gasteiger partial charge is 0.348 e. The lowest BCUT2D eigenvalue weighted by molar-refractivity contribution is -0.114. The number of amides is 2. The minimum absolute atomic E-state index is 0.170. The van der Waals surface area contributed by atoms with Crippen LogP contribution in [-0.4, -0.2) is 47.2 Å². The number of pyridine rings is 1. The van der Waals surface area contributed by atoms with E-state index in [1.165, 1.54) is 23.4 Å². The fourth-order valence-corrected chi connectivity index (χ4v) is 6.26. The van der Waals surface area contributed by atoms with Gasteiger partial charge in [0.2, 0.25) is 15.9 Å². The van der Waals surface area contributed by atoms with E-state index in [4.69, 9.17) is 0 Å². The molecule has 1 saturated heterocycles. The molecule has 1 aliphatic heterocycles. The molecular formula is C28H29N5O4S. The molecule has 0 bridgehead atoms. The second-order valence-electron chi connectivity index (χ2n) is 9.40. The van der Waals surface area contributed by atoms with Gasteiger partial charge in [0, 0.05) is 38.4 Å². The summed E-state index contributed by atoms with van der Waals surface area (Å²) in [6.07, 6.45) is 4.76. The highest BCUT2D eigenvalue weighted by atomic mass is 32.2. The minimum Gasteiger partial charge on any atom is -0.348 e. The van der Waals surface area contributed by atoms with Gasteiger partial charge in [0.25, 0.3) is 5.91 Å². The van der Waals surface area contributed by atoms with Crippen molar-refractivity contribution in [1.29, 1.82) is 0 Å². The Hall–Kier alpha value is -4.02. The van der Waals surface area contributed by atoms with Crippen LogP contribution in [0.15, 0.2) is 84.0 Å². The van der Waals surface area contributed by atoms with Crippen LogP contribution in [0, 0.1) is 0 Å². The van der Waals surface area contributed by atoms with Crippen molar-refractivity contribution >= 4 is 33.0 Å². The topological polar surface area (TPSA) is 113 Å². The van der Waals surface area contributed by atoms with E-state index in [1.54, 1.807) is 22.8 Å². The number of benzene rings is 2. The number of carbonyl (C=O) groups excluding carboxylic acids is 2. The number of aromatic nitrogens is 2. The van der Waals surface area contributed by atoms with Crippen molar-refractivity contribution in [3.63, 3.8) is 0 Å². The summed E-state index contributed by atoms with van der Waals surface area (Å²) in [5, 5.41) is 9.93. The summed E-state index contributed by atoms with van der Waals surface area (Å²) in [4.78, 5) is 24.3. The van der Waals surface area contributed by atoms with Gasteiger partial charge in [0.05, 0.1) is 22.2 Å². The summed E-state index contributed by atoms with van der Waals surface area (Å²) >= 11 is 0. The maximum atomic E-state index is 13.2. The molecule has 0 unspecified atom stereocenters. The van der Waals surface area contributed by atoms with Crippen molar-refractivity contribution in [3.8, 4) is 0 Å². The normalized spacial score (nSPS) is 14.9. The van der Waals surface area contributed by atoms with E-state index >= 15 is 0 Å². The summed E-state index contributed by atoms with van der Waals surface area (Å²) in [7, 11) is -3.63. The van der Waals surface area contributed by atoms with Crippen LogP contribution >= 0.6 is 0 Å². The zero-order chi connectivity index (χ0) is 26.7. The van der Waals surface area contributed by atoms with Gasteiger partial charge < -0.3 is 10.6 Å². The monoisotopic (exact) mass is 531 g/mol. The van der Waals surface area contributed by atoms with Crippen LogP contribution in [0.1, 0.15) is 47.2 Å². The summed E-state index contributed by atoms with van der Waals surface area (Å²) in [6, 6.07) is 19.9. The first-order valence-corrected chi connectivity index (χ1v) is 13.9. The molecule has 10 heteroatoms. The van der Waals surface area contributed by atoms with Gasteiger partial charge in [-0.05, 0) is 66.3 Å². The van der Waals surface area contributed by atoms with Crippen molar-refractivity contribution in [3.05, 3.63) is 95.8 Å². The lowest BCUT2D eigenvalue weighted by atomic mass is 9.90. The first kappa shape index (κ1) is 25.6. The first-order chi connectivity index (χ1) is 18.3. The Kier molecular flexibility index (Phi) is 7.26. The van der Waals surface area contributed by atoms with Gasteiger partial charge in [-0.15, -0.1) is 0 Å². The molecule has 196 valence electrons. The fraction of sp³-hybridized carbons (Fsp3) is 0.250. The van der Waals surface area contributed by atoms with Gasteiger partial charge in [-0.1, -0.05) is 30.3 Å².